The molecule has 0 bridgehead atoms. The summed E-state index contributed by atoms with van der Waals surface area (Å²) < 4.78 is 5.55. The van der Waals surface area contributed by atoms with Gasteiger partial charge in [-0.25, -0.2) is 0 Å². The lowest BCUT2D eigenvalue weighted by molar-refractivity contribution is 0.0636. The van der Waals surface area contributed by atoms with Gasteiger partial charge in [-0.1, -0.05) is 12.8 Å². The van der Waals surface area contributed by atoms with Crippen molar-refractivity contribution in [1.29, 1.82) is 0 Å². The van der Waals surface area contributed by atoms with Gasteiger partial charge in [-0.15, -0.1) is 0 Å². The molecule has 0 amide bonds. The van der Waals surface area contributed by atoms with E-state index in [1.807, 2.05) is 0 Å². The zero-order valence-corrected chi connectivity index (χ0v) is 14.1. The summed E-state index contributed by atoms with van der Waals surface area (Å²) >= 11 is 0. The number of ether oxygens (including phenoxy) is 1. The van der Waals surface area contributed by atoms with E-state index in [2.05, 4.69) is 51.9 Å². The normalized spacial score (nSPS) is 12.6. The SMILES string of the molecule is CC(C)OCCN(C)CCCCCCNC(C)(C)C. The van der Waals surface area contributed by atoms with Crippen LogP contribution in [0.1, 0.15) is 60.3 Å². The molecule has 0 fully saturated rings. The van der Waals surface area contributed by atoms with E-state index in [4.69, 9.17) is 4.74 Å². The molecule has 0 aliphatic heterocycles. The van der Waals surface area contributed by atoms with Crippen molar-refractivity contribution in [2.75, 3.05) is 33.3 Å². The van der Waals surface area contributed by atoms with Gasteiger partial charge < -0.3 is 15.0 Å². The number of hydrogen-bond acceptors (Lipinski definition) is 3. The second-order valence-corrected chi connectivity index (χ2v) is 6.81. The van der Waals surface area contributed by atoms with Crippen LogP contribution in [0.25, 0.3) is 0 Å². The van der Waals surface area contributed by atoms with Gasteiger partial charge in [-0.3, -0.25) is 0 Å². The summed E-state index contributed by atoms with van der Waals surface area (Å²) in [5, 5.41) is 3.53. The molecule has 0 spiro atoms. The Balaban J connectivity index is 3.25. The fraction of sp³-hybridized carbons (Fsp3) is 1.00. The van der Waals surface area contributed by atoms with E-state index in [1.165, 1.54) is 32.2 Å². The number of rotatable bonds is 11. The zero-order valence-electron chi connectivity index (χ0n) is 14.1. The fourth-order valence-electron chi connectivity index (χ4n) is 1.88. The second-order valence-electron chi connectivity index (χ2n) is 6.81. The third kappa shape index (κ3) is 15.8. The predicted molar refractivity (Wildman–Crippen MR) is 84.8 cm³/mol. The zero-order chi connectivity index (χ0) is 14.7. The molecule has 0 saturated heterocycles. The maximum Gasteiger partial charge on any atom is 0.0596 e. The van der Waals surface area contributed by atoms with E-state index < -0.39 is 0 Å². The number of likely N-dealkylation sites (N-methyl/N-ethyl adjacent to an activating group) is 1. The summed E-state index contributed by atoms with van der Waals surface area (Å²) in [6.07, 6.45) is 5.61. The highest BCUT2D eigenvalue weighted by atomic mass is 16.5. The van der Waals surface area contributed by atoms with Gasteiger partial charge >= 0.3 is 0 Å². The van der Waals surface area contributed by atoms with Gasteiger partial charge in [0.25, 0.3) is 0 Å². The van der Waals surface area contributed by atoms with Crippen LogP contribution in [0.15, 0.2) is 0 Å². The molecular formula is C16H36N2O. The average molecular weight is 272 g/mol. The van der Waals surface area contributed by atoms with Gasteiger partial charge in [-0.05, 0) is 67.6 Å². The van der Waals surface area contributed by atoms with Crippen LogP contribution in [0.2, 0.25) is 0 Å². The molecule has 0 aromatic carbocycles. The molecule has 3 nitrogen and oxygen atoms in total. The van der Waals surface area contributed by atoms with Gasteiger partial charge in [0.2, 0.25) is 0 Å². The molecule has 3 heteroatoms. The Kier molecular flexibility index (Phi) is 10.6. The second kappa shape index (κ2) is 10.6. The first-order valence-corrected chi connectivity index (χ1v) is 7.86. The molecule has 0 aliphatic carbocycles. The van der Waals surface area contributed by atoms with Crippen LogP contribution < -0.4 is 5.32 Å². The first kappa shape index (κ1) is 18.9. The van der Waals surface area contributed by atoms with Gasteiger partial charge in [-0.2, -0.15) is 0 Å². The van der Waals surface area contributed by atoms with Crippen LogP contribution in [0.4, 0.5) is 0 Å². The van der Waals surface area contributed by atoms with Crippen molar-refractivity contribution in [3.63, 3.8) is 0 Å². The van der Waals surface area contributed by atoms with E-state index in [9.17, 15) is 0 Å². The Labute approximate surface area is 121 Å². The van der Waals surface area contributed by atoms with Crippen LogP contribution in [0.3, 0.4) is 0 Å². The maximum absolute atomic E-state index is 5.55. The predicted octanol–water partition coefficient (Wildman–Crippen LogP) is 3.29. The van der Waals surface area contributed by atoms with Gasteiger partial charge in [0.15, 0.2) is 0 Å². The fourth-order valence-corrected chi connectivity index (χ4v) is 1.88. The summed E-state index contributed by atoms with van der Waals surface area (Å²) in [6.45, 7) is 15.1. The summed E-state index contributed by atoms with van der Waals surface area (Å²) in [4.78, 5) is 2.37. The van der Waals surface area contributed by atoms with E-state index in [0.717, 1.165) is 19.7 Å². The van der Waals surface area contributed by atoms with E-state index in [1.54, 1.807) is 0 Å². The highest BCUT2D eigenvalue weighted by Crippen LogP contribution is 2.03. The summed E-state index contributed by atoms with van der Waals surface area (Å²) in [7, 11) is 2.19. The maximum atomic E-state index is 5.55. The van der Waals surface area contributed by atoms with Crippen LogP contribution >= 0.6 is 0 Å². The third-order valence-electron chi connectivity index (χ3n) is 3.05. The molecule has 0 unspecified atom stereocenters. The quantitative estimate of drug-likeness (QED) is 0.584. The molecule has 0 saturated carbocycles. The first-order chi connectivity index (χ1) is 8.81. The van der Waals surface area contributed by atoms with Crippen LogP contribution in [-0.2, 0) is 4.74 Å². The van der Waals surface area contributed by atoms with Crippen molar-refractivity contribution < 1.29 is 4.74 Å². The van der Waals surface area contributed by atoms with Crippen LogP contribution in [0, 0.1) is 0 Å². The molecule has 0 heterocycles. The molecule has 0 aromatic heterocycles. The lowest BCUT2D eigenvalue weighted by Crippen LogP contribution is -2.36. The van der Waals surface area contributed by atoms with Crippen molar-refractivity contribution in [3.8, 4) is 0 Å². The average Bonchev–Trinajstić information content (AvgIpc) is 2.25. The minimum absolute atomic E-state index is 0.261. The van der Waals surface area contributed by atoms with E-state index in [0.29, 0.717) is 6.10 Å². The van der Waals surface area contributed by atoms with E-state index in [-0.39, 0.29) is 5.54 Å². The minimum Gasteiger partial charge on any atom is -0.377 e. The lowest BCUT2D eigenvalue weighted by Gasteiger charge is -2.20. The van der Waals surface area contributed by atoms with E-state index >= 15 is 0 Å². The van der Waals surface area contributed by atoms with Crippen molar-refractivity contribution >= 4 is 0 Å². The van der Waals surface area contributed by atoms with Gasteiger partial charge in [0.05, 0.1) is 12.7 Å². The molecule has 0 aliphatic rings. The third-order valence-corrected chi connectivity index (χ3v) is 3.05. The summed E-state index contributed by atoms with van der Waals surface area (Å²) in [5.41, 5.74) is 0.261. The molecule has 0 atom stereocenters. The smallest absolute Gasteiger partial charge is 0.0596 e. The summed E-state index contributed by atoms with van der Waals surface area (Å²) in [5.74, 6) is 0. The summed E-state index contributed by atoms with van der Waals surface area (Å²) in [6, 6.07) is 0. The number of unbranched alkanes of at least 4 members (excludes halogenated alkanes) is 3. The number of hydrogen-bond donors (Lipinski definition) is 1. The Morgan fingerprint density at radius 2 is 1.63 bits per heavy atom. The van der Waals surface area contributed by atoms with Gasteiger partial charge in [0.1, 0.15) is 0 Å². The Bertz CT molecular complexity index is 199. The lowest BCUT2D eigenvalue weighted by atomic mass is 10.1. The van der Waals surface area contributed by atoms with Crippen LogP contribution in [-0.4, -0.2) is 49.8 Å². The first-order valence-electron chi connectivity index (χ1n) is 7.86. The molecule has 0 rings (SSSR count). The molecule has 0 aromatic rings. The van der Waals surface area contributed by atoms with Gasteiger partial charge in [0, 0.05) is 12.1 Å². The monoisotopic (exact) mass is 272 g/mol. The molecule has 0 radical (unpaired) electrons. The minimum atomic E-state index is 0.261. The van der Waals surface area contributed by atoms with Crippen molar-refractivity contribution in [2.24, 2.45) is 0 Å². The molecule has 19 heavy (non-hydrogen) atoms. The number of nitrogens with one attached hydrogen (secondary N) is 1. The Morgan fingerprint density at radius 3 is 2.21 bits per heavy atom. The Morgan fingerprint density at radius 1 is 1.00 bits per heavy atom. The molecule has 116 valence electrons. The highest BCUT2D eigenvalue weighted by Gasteiger charge is 2.06. The topological polar surface area (TPSA) is 24.5 Å². The Hall–Kier alpha value is -0.120. The standard InChI is InChI=1S/C16H36N2O/c1-15(2)19-14-13-18(6)12-10-8-7-9-11-17-16(3,4)5/h15,17H,7-14H2,1-6H3. The molecular weight excluding hydrogens is 236 g/mol. The highest BCUT2D eigenvalue weighted by molar-refractivity contribution is 4.69. The van der Waals surface area contributed by atoms with Crippen molar-refractivity contribution in [3.05, 3.63) is 0 Å². The van der Waals surface area contributed by atoms with Crippen molar-refractivity contribution in [1.82, 2.24) is 10.2 Å². The molecule has 1 N–H and O–H groups in total. The van der Waals surface area contributed by atoms with Crippen LogP contribution in [0.5, 0.6) is 0 Å². The number of nitrogens with zero attached hydrogens (tertiary/aromatic N) is 1. The van der Waals surface area contributed by atoms with Crippen molar-refractivity contribution in [2.45, 2.75) is 71.9 Å². The largest absolute Gasteiger partial charge is 0.377 e.